The van der Waals surface area contributed by atoms with Gasteiger partial charge in [-0.25, -0.2) is 0 Å². The van der Waals surface area contributed by atoms with E-state index in [-0.39, 0.29) is 30.2 Å². The molecule has 7 nitrogen and oxygen atoms in total. The molecule has 1 saturated heterocycles. The Bertz CT molecular complexity index is 1050. The maximum atomic E-state index is 12.9. The van der Waals surface area contributed by atoms with E-state index in [4.69, 9.17) is 9.47 Å². The SMILES string of the molecule is COc1ccc(CCn2c(C)cc(C(=O)COC(=O)C3CCN(C(=O)C(C)(C)C)CC3)c2C)cc1. The fourth-order valence-electron chi connectivity index (χ4n) is 4.59. The summed E-state index contributed by atoms with van der Waals surface area (Å²) in [6.45, 7) is 11.2. The number of carbonyl (C=O) groups excluding carboxylic acids is 3. The molecule has 1 aliphatic heterocycles. The van der Waals surface area contributed by atoms with E-state index in [1.165, 1.54) is 5.56 Å². The van der Waals surface area contributed by atoms with Crippen LogP contribution in [0.5, 0.6) is 5.75 Å². The second-order valence-electron chi connectivity index (χ2n) is 10.4. The Morgan fingerprint density at radius 1 is 1.03 bits per heavy atom. The van der Waals surface area contributed by atoms with Crippen molar-refractivity contribution in [2.24, 2.45) is 11.3 Å². The molecule has 0 atom stereocenters. The van der Waals surface area contributed by atoms with Gasteiger partial charge in [-0.15, -0.1) is 0 Å². The molecule has 1 aromatic carbocycles. The number of ketones is 1. The molecule has 0 saturated carbocycles. The number of aryl methyl sites for hydroxylation is 2. The minimum atomic E-state index is -0.430. The highest BCUT2D eigenvalue weighted by molar-refractivity contribution is 5.99. The summed E-state index contributed by atoms with van der Waals surface area (Å²) in [7, 11) is 1.65. The minimum absolute atomic E-state index is 0.0989. The molecule has 1 aliphatic rings. The summed E-state index contributed by atoms with van der Waals surface area (Å²) in [4.78, 5) is 39.7. The lowest BCUT2D eigenvalue weighted by Gasteiger charge is -2.34. The zero-order valence-corrected chi connectivity index (χ0v) is 21.8. The molecule has 2 aromatic rings. The number of esters is 1. The van der Waals surface area contributed by atoms with Crippen LogP contribution in [0.3, 0.4) is 0 Å². The molecule has 7 heteroatoms. The highest BCUT2D eigenvalue weighted by atomic mass is 16.5. The van der Waals surface area contributed by atoms with E-state index in [1.807, 2.05) is 69.9 Å². The summed E-state index contributed by atoms with van der Waals surface area (Å²) in [6.07, 6.45) is 1.96. The van der Waals surface area contributed by atoms with Gasteiger partial charge in [0.25, 0.3) is 0 Å². The number of rotatable bonds is 8. The molecule has 0 N–H and O–H groups in total. The van der Waals surface area contributed by atoms with Crippen LogP contribution in [-0.2, 0) is 27.3 Å². The van der Waals surface area contributed by atoms with Crippen molar-refractivity contribution in [3.8, 4) is 5.75 Å². The number of methoxy groups -OCH3 is 1. The maximum absolute atomic E-state index is 12.9. The van der Waals surface area contributed by atoms with Gasteiger partial charge < -0.3 is 18.9 Å². The normalized spacial score (nSPS) is 14.6. The number of piperidine rings is 1. The molecule has 1 fully saturated rings. The number of aromatic nitrogens is 1. The average molecular weight is 483 g/mol. The van der Waals surface area contributed by atoms with E-state index in [2.05, 4.69) is 4.57 Å². The second-order valence-corrected chi connectivity index (χ2v) is 10.4. The highest BCUT2D eigenvalue weighted by Crippen LogP contribution is 2.25. The predicted molar refractivity (Wildman–Crippen MR) is 135 cm³/mol. The lowest BCUT2D eigenvalue weighted by atomic mass is 9.91. The van der Waals surface area contributed by atoms with Crippen molar-refractivity contribution >= 4 is 17.7 Å². The molecule has 0 unspecified atom stereocenters. The van der Waals surface area contributed by atoms with Gasteiger partial charge >= 0.3 is 5.97 Å². The molecule has 0 radical (unpaired) electrons. The standard InChI is InChI=1S/C28H38N2O5/c1-19-17-24(20(2)30(19)16-11-21-7-9-23(34-6)10-8-21)25(31)18-35-26(32)22-12-14-29(15-13-22)27(33)28(3,4)5/h7-10,17,22H,11-16,18H2,1-6H3. The number of Topliss-reactive ketones (excluding diaryl/α,β-unsaturated/α-hetero) is 1. The fraction of sp³-hybridized carbons (Fsp3) is 0.536. The third-order valence-corrected chi connectivity index (χ3v) is 6.76. The van der Waals surface area contributed by atoms with Crippen molar-refractivity contribution in [3.05, 3.63) is 52.8 Å². The van der Waals surface area contributed by atoms with E-state index in [1.54, 1.807) is 7.11 Å². The van der Waals surface area contributed by atoms with E-state index in [0.29, 0.717) is 31.5 Å². The van der Waals surface area contributed by atoms with E-state index in [0.717, 1.165) is 30.1 Å². The van der Waals surface area contributed by atoms with Crippen molar-refractivity contribution < 1.29 is 23.9 Å². The largest absolute Gasteiger partial charge is 0.497 e. The molecule has 0 bridgehead atoms. The summed E-state index contributed by atoms with van der Waals surface area (Å²) >= 11 is 0. The monoisotopic (exact) mass is 482 g/mol. The molecule has 1 aromatic heterocycles. The van der Waals surface area contributed by atoms with Crippen LogP contribution >= 0.6 is 0 Å². The van der Waals surface area contributed by atoms with Gasteiger partial charge in [-0.1, -0.05) is 32.9 Å². The van der Waals surface area contributed by atoms with E-state index >= 15 is 0 Å². The first-order valence-corrected chi connectivity index (χ1v) is 12.3. The van der Waals surface area contributed by atoms with Crippen LogP contribution in [0.2, 0.25) is 0 Å². The number of amides is 1. The van der Waals surface area contributed by atoms with Crippen molar-refractivity contribution in [2.75, 3.05) is 26.8 Å². The fourth-order valence-corrected chi connectivity index (χ4v) is 4.59. The van der Waals surface area contributed by atoms with Crippen molar-refractivity contribution in [3.63, 3.8) is 0 Å². The van der Waals surface area contributed by atoms with Crippen LogP contribution in [-0.4, -0.2) is 53.9 Å². The zero-order valence-electron chi connectivity index (χ0n) is 21.8. The van der Waals surface area contributed by atoms with Gasteiger partial charge in [0.15, 0.2) is 6.61 Å². The van der Waals surface area contributed by atoms with Gasteiger partial charge in [0, 0.05) is 42.0 Å². The Hall–Kier alpha value is -3.09. The van der Waals surface area contributed by atoms with Crippen molar-refractivity contribution in [2.45, 2.75) is 60.4 Å². The van der Waals surface area contributed by atoms with Crippen LogP contribution in [0, 0.1) is 25.2 Å². The number of hydrogen-bond acceptors (Lipinski definition) is 5. The number of hydrogen-bond donors (Lipinski definition) is 0. The molecule has 0 spiro atoms. The lowest BCUT2D eigenvalue weighted by molar-refractivity contribution is -0.152. The van der Waals surface area contributed by atoms with E-state index < -0.39 is 5.41 Å². The topological polar surface area (TPSA) is 77.8 Å². The molecule has 1 amide bonds. The molecular weight excluding hydrogens is 444 g/mol. The maximum Gasteiger partial charge on any atom is 0.309 e. The molecule has 0 aliphatic carbocycles. The number of benzene rings is 1. The quantitative estimate of drug-likeness (QED) is 0.413. The summed E-state index contributed by atoms with van der Waals surface area (Å²) in [5, 5.41) is 0. The summed E-state index contributed by atoms with van der Waals surface area (Å²) in [5.74, 6) is 0.107. The Kier molecular flexibility index (Phi) is 8.41. The molecule has 35 heavy (non-hydrogen) atoms. The van der Waals surface area contributed by atoms with Gasteiger partial charge in [0.2, 0.25) is 11.7 Å². The molecule has 190 valence electrons. The third-order valence-electron chi connectivity index (χ3n) is 6.76. The van der Waals surface area contributed by atoms with Crippen LogP contribution < -0.4 is 4.74 Å². The van der Waals surface area contributed by atoms with Gasteiger partial charge in [0.1, 0.15) is 5.75 Å². The van der Waals surface area contributed by atoms with Crippen molar-refractivity contribution in [1.29, 1.82) is 0 Å². The Morgan fingerprint density at radius 3 is 2.23 bits per heavy atom. The smallest absolute Gasteiger partial charge is 0.309 e. The number of likely N-dealkylation sites (tertiary alicyclic amines) is 1. The van der Waals surface area contributed by atoms with Gasteiger partial charge in [0.05, 0.1) is 13.0 Å². The van der Waals surface area contributed by atoms with E-state index in [9.17, 15) is 14.4 Å². The average Bonchev–Trinajstić information content (AvgIpc) is 3.13. The first-order chi connectivity index (χ1) is 16.5. The molecule has 2 heterocycles. The zero-order chi connectivity index (χ0) is 25.8. The lowest BCUT2D eigenvalue weighted by Crippen LogP contribution is -2.45. The van der Waals surface area contributed by atoms with Gasteiger partial charge in [-0.05, 0) is 56.9 Å². The Labute approximate surface area is 208 Å². The Balaban J connectivity index is 1.52. The van der Waals surface area contributed by atoms with Crippen LogP contribution in [0.25, 0.3) is 0 Å². The van der Waals surface area contributed by atoms with Crippen LogP contribution in [0.4, 0.5) is 0 Å². The number of nitrogens with zero attached hydrogens (tertiary/aromatic N) is 2. The second kappa shape index (κ2) is 11.1. The van der Waals surface area contributed by atoms with Gasteiger partial charge in [-0.3, -0.25) is 14.4 Å². The summed E-state index contributed by atoms with van der Waals surface area (Å²) in [6, 6.07) is 9.85. The predicted octanol–water partition coefficient (Wildman–Crippen LogP) is 4.37. The third kappa shape index (κ3) is 6.53. The molecular formula is C28H38N2O5. The van der Waals surface area contributed by atoms with Crippen LogP contribution in [0.15, 0.2) is 30.3 Å². The Morgan fingerprint density at radius 2 is 1.66 bits per heavy atom. The number of carbonyl (C=O) groups is 3. The first kappa shape index (κ1) is 26.5. The molecule has 3 rings (SSSR count). The summed E-state index contributed by atoms with van der Waals surface area (Å²) < 4.78 is 12.7. The van der Waals surface area contributed by atoms with Gasteiger partial charge in [-0.2, -0.15) is 0 Å². The first-order valence-electron chi connectivity index (χ1n) is 12.3. The van der Waals surface area contributed by atoms with Crippen molar-refractivity contribution in [1.82, 2.24) is 9.47 Å². The highest BCUT2D eigenvalue weighted by Gasteiger charge is 2.33. The summed E-state index contributed by atoms with van der Waals surface area (Å²) in [5.41, 5.74) is 3.24. The van der Waals surface area contributed by atoms with Crippen LogP contribution in [0.1, 0.15) is 60.9 Å². The number of ether oxygens (including phenoxy) is 2. The minimum Gasteiger partial charge on any atom is -0.497 e.